The van der Waals surface area contributed by atoms with Crippen molar-refractivity contribution in [3.63, 3.8) is 0 Å². The van der Waals surface area contributed by atoms with Gasteiger partial charge in [0.15, 0.2) is 0 Å². The predicted octanol–water partition coefficient (Wildman–Crippen LogP) is 6.54. The first-order valence-electron chi connectivity index (χ1n) is 14.6. The number of amides is 1. The summed E-state index contributed by atoms with van der Waals surface area (Å²) in [6.07, 6.45) is 0.110. The summed E-state index contributed by atoms with van der Waals surface area (Å²) in [5.74, 6) is 0.564. The highest BCUT2D eigenvalue weighted by molar-refractivity contribution is 5.81. The third-order valence-corrected chi connectivity index (χ3v) is 7.66. The molecule has 0 heterocycles. The summed E-state index contributed by atoms with van der Waals surface area (Å²) in [4.78, 5) is 16.2. The van der Waals surface area contributed by atoms with Crippen LogP contribution in [0.1, 0.15) is 43.2 Å². The monoisotopic (exact) mass is 580 g/mol. The van der Waals surface area contributed by atoms with Crippen LogP contribution in [-0.2, 0) is 16.1 Å². The third-order valence-electron chi connectivity index (χ3n) is 7.66. The maximum Gasteiger partial charge on any atom is 0.250 e. The molecule has 4 rings (SSSR count). The Hall–Kier alpha value is -3.49. The Morgan fingerprint density at radius 1 is 0.929 bits per heavy atom. The normalized spacial score (nSPS) is 14.4. The lowest BCUT2D eigenvalue weighted by molar-refractivity contribution is -0.137. The molecule has 6 nitrogen and oxygen atoms in total. The molecule has 3 aromatic carbocycles. The molecule has 2 atom stereocenters. The van der Waals surface area contributed by atoms with Gasteiger partial charge in [-0.1, -0.05) is 61.5 Å². The molecular formula is C34H42F2N2O4. The molecule has 3 aromatic rings. The topological polar surface area (TPSA) is 60.0 Å². The molecule has 8 heteroatoms. The second-order valence-electron chi connectivity index (χ2n) is 10.8. The van der Waals surface area contributed by atoms with Gasteiger partial charge in [0.2, 0.25) is 5.91 Å². The fraction of sp³-hybridized carbons (Fsp3) is 0.441. The van der Waals surface area contributed by atoms with E-state index in [1.54, 1.807) is 14.2 Å². The third kappa shape index (κ3) is 9.00. The second-order valence-corrected chi connectivity index (χ2v) is 10.8. The van der Waals surface area contributed by atoms with Crippen molar-refractivity contribution in [2.45, 2.75) is 51.1 Å². The minimum atomic E-state index is -2.49. The Bertz CT molecular complexity index is 1270. The van der Waals surface area contributed by atoms with Crippen LogP contribution in [0.5, 0.6) is 11.5 Å². The van der Waals surface area contributed by atoms with E-state index < -0.39 is 18.9 Å². The maximum absolute atomic E-state index is 14.3. The number of ether oxygens (including phenoxy) is 3. The van der Waals surface area contributed by atoms with Crippen LogP contribution in [0.25, 0.3) is 11.1 Å². The fourth-order valence-electron chi connectivity index (χ4n) is 5.19. The van der Waals surface area contributed by atoms with E-state index in [1.807, 2.05) is 66.4 Å². The predicted molar refractivity (Wildman–Crippen MR) is 161 cm³/mol. The van der Waals surface area contributed by atoms with E-state index in [-0.39, 0.29) is 24.4 Å². The number of halogens is 2. The Morgan fingerprint density at radius 3 is 2.36 bits per heavy atom. The van der Waals surface area contributed by atoms with Gasteiger partial charge in [-0.05, 0) is 53.1 Å². The second kappa shape index (κ2) is 15.7. The number of alkyl halides is 2. The molecule has 42 heavy (non-hydrogen) atoms. The van der Waals surface area contributed by atoms with E-state index >= 15 is 0 Å². The zero-order valence-electron chi connectivity index (χ0n) is 24.7. The SMILES string of the molecule is COCCCOc1cc(CN(C(=O)[C@@H](CNCC(F)F)[C@H](C)c2cccc(-c3ccccc3)c2)C2CC2)cc(OC)c1. The number of hydrogen-bond acceptors (Lipinski definition) is 5. The van der Waals surface area contributed by atoms with Gasteiger partial charge in [0.05, 0.1) is 26.2 Å². The van der Waals surface area contributed by atoms with Crippen molar-refractivity contribution >= 4 is 5.91 Å². The zero-order valence-corrected chi connectivity index (χ0v) is 24.7. The summed E-state index contributed by atoms with van der Waals surface area (Å²) in [6.45, 7) is 3.21. The number of benzene rings is 3. The summed E-state index contributed by atoms with van der Waals surface area (Å²) >= 11 is 0. The van der Waals surface area contributed by atoms with Gasteiger partial charge < -0.3 is 24.4 Å². The number of nitrogens with zero attached hydrogens (tertiary/aromatic N) is 1. The molecule has 0 aromatic heterocycles. The first kappa shape index (κ1) is 31.4. The van der Waals surface area contributed by atoms with Gasteiger partial charge in [0.25, 0.3) is 6.43 Å². The van der Waals surface area contributed by atoms with Crippen LogP contribution in [0.3, 0.4) is 0 Å². The number of carbonyl (C=O) groups is 1. The van der Waals surface area contributed by atoms with Crippen LogP contribution >= 0.6 is 0 Å². The molecule has 1 aliphatic rings. The molecule has 0 unspecified atom stereocenters. The van der Waals surface area contributed by atoms with Crippen molar-refractivity contribution in [1.29, 1.82) is 0 Å². The van der Waals surface area contributed by atoms with Crippen molar-refractivity contribution in [3.8, 4) is 22.6 Å². The fourth-order valence-corrected chi connectivity index (χ4v) is 5.19. The van der Waals surface area contributed by atoms with Crippen molar-refractivity contribution in [1.82, 2.24) is 10.2 Å². The molecule has 1 fully saturated rings. The molecule has 0 radical (unpaired) electrons. The lowest BCUT2D eigenvalue weighted by Gasteiger charge is -2.31. The van der Waals surface area contributed by atoms with Crippen LogP contribution < -0.4 is 14.8 Å². The van der Waals surface area contributed by atoms with Crippen LogP contribution in [-0.4, -0.2) is 63.8 Å². The van der Waals surface area contributed by atoms with Gasteiger partial charge in [0.1, 0.15) is 11.5 Å². The van der Waals surface area contributed by atoms with E-state index in [0.717, 1.165) is 41.5 Å². The number of methoxy groups -OCH3 is 2. The minimum Gasteiger partial charge on any atom is -0.497 e. The standard InChI is InChI=1S/C34H42F2N2O4/c1-24(27-11-7-12-28(19-27)26-9-5-4-6-10-26)32(21-37-22-33(35)36)34(39)38(29-13-14-29)23-25-17-30(41-3)20-31(18-25)42-16-8-15-40-2/h4-7,9-12,17-20,24,29,32-33,37H,8,13-16,21-23H2,1-3H3/t24-,32+/m1/s1. The Balaban J connectivity index is 1.58. The summed E-state index contributed by atoms with van der Waals surface area (Å²) in [7, 11) is 3.26. The number of nitrogens with one attached hydrogen (secondary N) is 1. The van der Waals surface area contributed by atoms with E-state index in [2.05, 4.69) is 23.5 Å². The number of hydrogen-bond donors (Lipinski definition) is 1. The van der Waals surface area contributed by atoms with E-state index in [9.17, 15) is 13.6 Å². The Morgan fingerprint density at radius 2 is 1.67 bits per heavy atom. The van der Waals surface area contributed by atoms with Crippen LogP contribution in [0.2, 0.25) is 0 Å². The molecule has 1 aliphatic carbocycles. The van der Waals surface area contributed by atoms with Gasteiger partial charge in [-0.15, -0.1) is 0 Å². The average molecular weight is 581 g/mol. The molecular weight excluding hydrogens is 538 g/mol. The summed E-state index contributed by atoms with van der Waals surface area (Å²) in [6, 6.07) is 24.0. The molecule has 0 saturated heterocycles. The first-order valence-corrected chi connectivity index (χ1v) is 14.6. The molecule has 0 aliphatic heterocycles. The Kier molecular flexibility index (Phi) is 11.7. The van der Waals surface area contributed by atoms with E-state index in [1.165, 1.54) is 0 Å². The van der Waals surface area contributed by atoms with Gasteiger partial charge in [0, 0.05) is 45.3 Å². The highest BCUT2D eigenvalue weighted by Gasteiger charge is 2.38. The lowest BCUT2D eigenvalue weighted by atomic mass is 9.85. The zero-order chi connectivity index (χ0) is 29.9. The van der Waals surface area contributed by atoms with Gasteiger partial charge in [-0.2, -0.15) is 0 Å². The number of rotatable bonds is 17. The van der Waals surface area contributed by atoms with Crippen molar-refractivity contribution in [2.24, 2.45) is 5.92 Å². The molecule has 0 bridgehead atoms. The van der Waals surface area contributed by atoms with Crippen molar-refractivity contribution < 1.29 is 27.8 Å². The largest absolute Gasteiger partial charge is 0.497 e. The summed E-state index contributed by atoms with van der Waals surface area (Å²) in [5, 5.41) is 2.85. The van der Waals surface area contributed by atoms with Crippen LogP contribution in [0, 0.1) is 5.92 Å². The summed E-state index contributed by atoms with van der Waals surface area (Å²) in [5.41, 5.74) is 4.04. The highest BCUT2D eigenvalue weighted by Crippen LogP contribution is 2.35. The van der Waals surface area contributed by atoms with Crippen LogP contribution in [0.4, 0.5) is 8.78 Å². The van der Waals surface area contributed by atoms with Crippen molar-refractivity contribution in [3.05, 3.63) is 83.9 Å². The Labute approximate surface area is 248 Å². The lowest BCUT2D eigenvalue weighted by Crippen LogP contribution is -2.44. The van der Waals surface area contributed by atoms with Crippen LogP contribution in [0.15, 0.2) is 72.8 Å². The highest BCUT2D eigenvalue weighted by atomic mass is 19.3. The maximum atomic E-state index is 14.3. The molecule has 0 spiro atoms. The average Bonchev–Trinajstić information content (AvgIpc) is 3.85. The molecule has 226 valence electrons. The molecule has 1 saturated carbocycles. The first-order chi connectivity index (χ1) is 20.4. The van der Waals surface area contributed by atoms with E-state index in [0.29, 0.717) is 31.3 Å². The van der Waals surface area contributed by atoms with Gasteiger partial charge in [-0.3, -0.25) is 4.79 Å². The smallest absolute Gasteiger partial charge is 0.250 e. The molecule has 1 N–H and O–H groups in total. The van der Waals surface area contributed by atoms with Gasteiger partial charge in [-0.25, -0.2) is 8.78 Å². The van der Waals surface area contributed by atoms with Gasteiger partial charge >= 0.3 is 0 Å². The molecule has 1 amide bonds. The number of carbonyl (C=O) groups excluding carboxylic acids is 1. The minimum absolute atomic E-state index is 0.0396. The quantitative estimate of drug-likeness (QED) is 0.184. The summed E-state index contributed by atoms with van der Waals surface area (Å²) < 4.78 is 42.7. The van der Waals surface area contributed by atoms with E-state index in [4.69, 9.17) is 14.2 Å². The van der Waals surface area contributed by atoms with Crippen molar-refractivity contribution in [2.75, 3.05) is 40.5 Å².